The molecule has 0 spiro atoms. The normalized spacial score (nSPS) is 10.1. The highest BCUT2D eigenvalue weighted by molar-refractivity contribution is 6.10. The molecule has 18 heavy (non-hydrogen) atoms. The fourth-order valence-corrected chi connectivity index (χ4v) is 1.63. The first-order valence-electron chi connectivity index (χ1n) is 5.27. The highest BCUT2D eigenvalue weighted by atomic mass is 16.5. The number of furan rings is 1. The van der Waals surface area contributed by atoms with Gasteiger partial charge in [0.1, 0.15) is 0 Å². The van der Waals surface area contributed by atoms with E-state index in [1.54, 1.807) is 24.3 Å². The van der Waals surface area contributed by atoms with Crippen LogP contribution in [0.5, 0.6) is 11.5 Å². The summed E-state index contributed by atoms with van der Waals surface area (Å²) in [7, 11) is 3.00. The van der Waals surface area contributed by atoms with E-state index in [0.717, 1.165) is 0 Å². The molecule has 0 unspecified atom stereocenters. The molecule has 0 amide bonds. The topological polar surface area (TPSA) is 74.7 Å². The Kier molecular flexibility index (Phi) is 3.23. The van der Waals surface area contributed by atoms with Crippen LogP contribution < -0.4 is 15.2 Å². The number of nitrogens with two attached hydrogens (primary N) is 1. The zero-order chi connectivity index (χ0) is 13.1. The molecular formula is C13H13NO4. The molecule has 0 fully saturated rings. The number of methoxy groups -OCH3 is 2. The van der Waals surface area contributed by atoms with Gasteiger partial charge in [-0.1, -0.05) is 0 Å². The molecule has 2 aromatic rings. The molecule has 0 aliphatic rings. The van der Waals surface area contributed by atoms with Crippen molar-refractivity contribution in [2.75, 3.05) is 20.0 Å². The number of carbonyl (C=O) groups excluding carboxylic acids is 1. The molecule has 2 N–H and O–H groups in total. The maximum Gasteiger partial charge on any atom is 0.230 e. The molecule has 0 atom stereocenters. The van der Waals surface area contributed by atoms with E-state index in [1.165, 1.54) is 20.5 Å². The second-order valence-corrected chi connectivity index (χ2v) is 3.60. The number of ether oxygens (including phenoxy) is 2. The third-order valence-electron chi connectivity index (χ3n) is 2.55. The molecule has 1 aromatic carbocycles. The van der Waals surface area contributed by atoms with Gasteiger partial charge in [-0.2, -0.15) is 0 Å². The van der Waals surface area contributed by atoms with Crippen LogP contribution >= 0.6 is 0 Å². The van der Waals surface area contributed by atoms with Crippen molar-refractivity contribution in [2.45, 2.75) is 0 Å². The first kappa shape index (κ1) is 12.0. The molecule has 5 heteroatoms. The van der Waals surface area contributed by atoms with Crippen molar-refractivity contribution in [1.82, 2.24) is 0 Å². The predicted octanol–water partition coefficient (Wildman–Crippen LogP) is 2.11. The van der Waals surface area contributed by atoms with Crippen molar-refractivity contribution in [1.29, 1.82) is 0 Å². The van der Waals surface area contributed by atoms with E-state index >= 15 is 0 Å². The van der Waals surface area contributed by atoms with E-state index < -0.39 is 0 Å². The Hall–Kier alpha value is -2.43. The predicted molar refractivity (Wildman–Crippen MR) is 66.1 cm³/mol. The molecule has 0 aliphatic carbocycles. The summed E-state index contributed by atoms with van der Waals surface area (Å²) in [5.41, 5.74) is 6.47. The summed E-state index contributed by atoms with van der Waals surface area (Å²) in [6, 6.07) is 6.32. The van der Waals surface area contributed by atoms with Gasteiger partial charge in [0.05, 0.1) is 26.0 Å². The highest BCUT2D eigenvalue weighted by Crippen LogP contribution is 2.32. The highest BCUT2D eigenvalue weighted by Gasteiger charge is 2.18. The summed E-state index contributed by atoms with van der Waals surface area (Å²) in [6.45, 7) is 0. The van der Waals surface area contributed by atoms with Gasteiger partial charge in [0.15, 0.2) is 17.3 Å². The van der Waals surface area contributed by atoms with Crippen LogP contribution in [-0.4, -0.2) is 20.0 Å². The SMILES string of the molecule is COc1cc(N)c(C(=O)c2ccco2)cc1OC. The average Bonchev–Trinajstić information content (AvgIpc) is 2.91. The Morgan fingerprint density at radius 1 is 1.22 bits per heavy atom. The number of hydrogen-bond acceptors (Lipinski definition) is 5. The van der Waals surface area contributed by atoms with Gasteiger partial charge < -0.3 is 19.6 Å². The van der Waals surface area contributed by atoms with Gasteiger partial charge in [-0.15, -0.1) is 0 Å². The minimum atomic E-state index is -0.293. The molecule has 5 nitrogen and oxygen atoms in total. The smallest absolute Gasteiger partial charge is 0.230 e. The van der Waals surface area contributed by atoms with Crippen LogP contribution in [-0.2, 0) is 0 Å². The van der Waals surface area contributed by atoms with Crippen molar-refractivity contribution in [2.24, 2.45) is 0 Å². The lowest BCUT2D eigenvalue weighted by Gasteiger charge is -2.11. The molecule has 1 aromatic heterocycles. The number of hydrogen-bond donors (Lipinski definition) is 1. The van der Waals surface area contributed by atoms with Crippen molar-refractivity contribution < 1.29 is 18.7 Å². The number of benzene rings is 1. The largest absolute Gasteiger partial charge is 0.493 e. The molecule has 94 valence electrons. The molecule has 0 aliphatic heterocycles. The molecule has 0 radical (unpaired) electrons. The van der Waals surface area contributed by atoms with Gasteiger partial charge in [0, 0.05) is 11.8 Å². The maximum absolute atomic E-state index is 12.1. The molecular weight excluding hydrogens is 234 g/mol. The number of ketones is 1. The van der Waals surface area contributed by atoms with Gasteiger partial charge in [-0.05, 0) is 18.2 Å². The van der Waals surface area contributed by atoms with E-state index in [4.69, 9.17) is 19.6 Å². The quantitative estimate of drug-likeness (QED) is 0.661. The summed E-state index contributed by atoms with van der Waals surface area (Å²) in [5, 5.41) is 0. The third kappa shape index (κ3) is 2.02. The minimum Gasteiger partial charge on any atom is -0.493 e. The minimum absolute atomic E-state index is 0.230. The van der Waals surface area contributed by atoms with Crippen molar-refractivity contribution in [3.05, 3.63) is 41.9 Å². The number of nitrogen functional groups attached to an aromatic ring is 1. The Bertz CT molecular complexity index is 561. The fourth-order valence-electron chi connectivity index (χ4n) is 1.63. The zero-order valence-corrected chi connectivity index (χ0v) is 10.1. The average molecular weight is 247 g/mol. The van der Waals surface area contributed by atoms with E-state index in [2.05, 4.69) is 0 Å². The van der Waals surface area contributed by atoms with E-state index in [9.17, 15) is 4.79 Å². The summed E-state index contributed by atoms with van der Waals surface area (Å²) < 4.78 is 15.3. The summed E-state index contributed by atoms with van der Waals surface area (Å²) >= 11 is 0. The second-order valence-electron chi connectivity index (χ2n) is 3.60. The number of carbonyl (C=O) groups is 1. The lowest BCUT2D eigenvalue weighted by molar-refractivity contribution is 0.101. The van der Waals surface area contributed by atoms with Crippen LogP contribution in [0, 0.1) is 0 Å². The Balaban J connectivity index is 2.48. The first-order valence-corrected chi connectivity index (χ1v) is 5.27. The molecule has 0 saturated heterocycles. The van der Waals surface area contributed by atoms with Gasteiger partial charge in [-0.3, -0.25) is 4.79 Å². The van der Waals surface area contributed by atoms with Crippen LogP contribution in [0.3, 0.4) is 0 Å². The van der Waals surface area contributed by atoms with Gasteiger partial charge in [0.25, 0.3) is 0 Å². The van der Waals surface area contributed by atoms with Crippen LogP contribution in [0.1, 0.15) is 16.1 Å². The zero-order valence-electron chi connectivity index (χ0n) is 10.1. The molecule has 2 rings (SSSR count). The van der Waals surface area contributed by atoms with Crippen LogP contribution in [0.2, 0.25) is 0 Å². The number of anilines is 1. The molecule has 0 saturated carbocycles. The van der Waals surface area contributed by atoms with Gasteiger partial charge in [0.2, 0.25) is 5.78 Å². The van der Waals surface area contributed by atoms with Crippen LogP contribution in [0.25, 0.3) is 0 Å². The van der Waals surface area contributed by atoms with Crippen molar-refractivity contribution in [3.63, 3.8) is 0 Å². The summed E-state index contributed by atoms with van der Waals surface area (Å²) in [5.74, 6) is 0.861. The molecule has 0 bridgehead atoms. The van der Waals surface area contributed by atoms with Gasteiger partial charge in [-0.25, -0.2) is 0 Å². The third-order valence-corrected chi connectivity index (χ3v) is 2.55. The summed E-state index contributed by atoms with van der Waals surface area (Å²) in [6.07, 6.45) is 1.43. The fraction of sp³-hybridized carbons (Fsp3) is 0.154. The lowest BCUT2D eigenvalue weighted by Crippen LogP contribution is -2.05. The standard InChI is InChI=1S/C13H13NO4/c1-16-11-6-8(9(14)7-12(11)17-2)13(15)10-4-3-5-18-10/h3-7H,14H2,1-2H3. The second kappa shape index (κ2) is 4.83. The Labute approximate surface area is 104 Å². The van der Waals surface area contributed by atoms with Crippen LogP contribution in [0.15, 0.2) is 34.9 Å². The van der Waals surface area contributed by atoms with E-state index in [1.807, 2.05) is 0 Å². The van der Waals surface area contributed by atoms with E-state index in [0.29, 0.717) is 22.7 Å². The Morgan fingerprint density at radius 2 is 1.89 bits per heavy atom. The first-order chi connectivity index (χ1) is 8.67. The monoisotopic (exact) mass is 247 g/mol. The van der Waals surface area contributed by atoms with Crippen molar-refractivity contribution >= 4 is 11.5 Å². The maximum atomic E-state index is 12.1. The number of rotatable bonds is 4. The van der Waals surface area contributed by atoms with E-state index in [-0.39, 0.29) is 11.5 Å². The van der Waals surface area contributed by atoms with Gasteiger partial charge >= 0.3 is 0 Å². The van der Waals surface area contributed by atoms with Crippen LogP contribution in [0.4, 0.5) is 5.69 Å². The molecule has 1 heterocycles. The van der Waals surface area contributed by atoms with Crippen molar-refractivity contribution in [3.8, 4) is 11.5 Å². The lowest BCUT2D eigenvalue weighted by atomic mass is 10.1. The Morgan fingerprint density at radius 3 is 2.44 bits per heavy atom. The summed E-state index contributed by atoms with van der Waals surface area (Å²) in [4.78, 5) is 12.1.